The van der Waals surface area contributed by atoms with Gasteiger partial charge in [-0.05, 0) is 63.2 Å². The number of hydrogen-bond acceptors (Lipinski definition) is 7. The van der Waals surface area contributed by atoms with Gasteiger partial charge in [0.25, 0.3) is 0 Å². The summed E-state index contributed by atoms with van der Waals surface area (Å²) in [5.41, 5.74) is 0.491. The van der Waals surface area contributed by atoms with Crippen molar-refractivity contribution in [1.82, 2.24) is 0 Å². The zero-order valence-electron chi connectivity index (χ0n) is 17.1. The van der Waals surface area contributed by atoms with E-state index < -0.39 is 42.9 Å². The van der Waals surface area contributed by atoms with Crippen LogP contribution in [-0.4, -0.2) is 74.6 Å². The fourth-order valence-corrected chi connectivity index (χ4v) is 5.52. The van der Waals surface area contributed by atoms with E-state index in [1.807, 2.05) is 13.8 Å². The highest BCUT2D eigenvalue weighted by atomic mass is 16.7. The van der Waals surface area contributed by atoms with Gasteiger partial charge in [-0.1, -0.05) is 19.1 Å². The number of aliphatic hydroxyl groups is 5. The van der Waals surface area contributed by atoms with Crippen LogP contribution in [0.25, 0.3) is 0 Å². The Morgan fingerprint density at radius 2 is 1.86 bits per heavy atom. The summed E-state index contributed by atoms with van der Waals surface area (Å²) >= 11 is 0. The summed E-state index contributed by atoms with van der Waals surface area (Å²) < 4.78 is 11.7. The standard InChI is InChI=1S/C21H36O7/c1-11-7-13(23)9-21(4)6-5-12(8-14(11)21)20(2,3)28-19-18(26)17(25)16(24)15(10-22)27-19/h12-19,22-26H,1,5-10H2,2-4H3/t12-,13+,14+,15-,16-,17+,18-,19+,21+/m1/s1. The van der Waals surface area contributed by atoms with Crippen molar-refractivity contribution in [3.8, 4) is 0 Å². The summed E-state index contributed by atoms with van der Waals surface area (Å²) in [4.78, 5) is 0. The second kappa shape index (κ2) is 7.95. The molecule has 1 aliphatic heterocycles. The number of aliphatic hydroxyl groups excluding tert-OH is 5. The minimum absolute atomic E-state index is 0.0461. The minimum Gasteiger partial charge on any atom is -0.394 e. The predicted molar refractivity (Wildman–Crippen MR) is 102 cm³/mol. The van der Waals surface area contributed by atoms with Crippen LogP contribution in [0.3, 0.4) is 0 Å². The molecule has 2 aliphatic carbocycles. The molecule has 0 bridgehead atoms. The van der Waals surface area contributed by atoms with Crippen molar-refractivity contribution in [1.29, 1.82) is 0 Å². The van der Waals surface area contributed by atoms with Crippen LogP contribution in [0.5, 0.6) is 0 Å². The van der Waals surface area contributed by atoms with Crippen LogP contribution in [0.2, 0.25) is 0 Å². The summed E-state index contributed by atoms with van der Waals surface area (Å²) in [5.74, 6) is 0.497. The van der Waals surface area contributed by atoms with Crippen LogP contribution in [0.1, 0.15) is 52.9 Å². The first kappa shape index (κ1) is 22.2. The number of fused-ring (bicyclic) bond motifs is 1. The smallest absolute Gasteiger partial charge is 0.187 e. The van der Waals surface area contributed by atoms with Crippen LogP contribution < -0.4 is 0 Å². The van der Waals surface area contributed by atoms with Gasteiger partial charge >= 0.3 is 0 Å². The first-order valence-electron chi connectivity index (χ1n) is 10.3. The van der Waals surface area contributed by atoms with E-state index in [1.54, 1.807) is 0 Å². The molecule has 0 spiro atoms. The maximum atomic E-state index is 10.3. The summed E-state index contributed by atoms with van der Waals surface area (Å²) in [6.45, 7) is 9.87. The molecule has 7 nitrogen and oxygen atoms in total. The normalized spacial score (nSPS) is 47.6. The largest absolute Gasteiger partial charge is 0.394 e. The molecule has 9 atom stereocenters. The molecular formula is C21H36O7. The lowest BCUT2D eigenvalue weighted by Gasteiger charge is -2.53. The molecule has 3 fully saturated rings. The molecule has 2 saturated carbocycles. The van der Waals surface area contributed by atoms with Crippen molar-refractivity contribution in [2.75, 3.05) is 6.61 Å². The number of rotatable bonds is 4. The molecule has 1 saturated heterocycles. The highest BCUT2D eigenvalue weighted by molar-refractivity contribution is 5.15. The first-order valence-corrected chi connectivity index (χ1v) is 10.3. The molecule has 0 aromatic carbocycles. The monoisotopic (exact) mass is 400 g/mol. The number of ether oxygens (including phenoxy) is 2. The van der Waals surface area contributed by atoms with Gasteiger partial charge in [0, 0.05) is 0 Å². The van der Waals surface area contributed by atoms with Crippen molar-refractivity contribution in [2.45, 2.75) is 95.3 Å². The third-order valence-electron chi connectivity index (χ3n) is 7.37. The molecule has 28 heavy (non-hydrogen) atoms. The van der Waals surface area contributed by atoms with E-state index in [0.29, 0.717) is 12.3 Å². The van der Waals surface area contributed by atoms with Gasteiger partial charge in [-0.15, -0.1) is 0 Å². The zero-order valence-corrected chi connectivity index (χ0v) is 17.1. The SMILES string of the molecule is C=C1C[C@H](O)C[C@]2(C)CC[C@@H](C(C)(C)O[C@@H]3O[C@H](CO)[C@@H](O)[C@H](O)[C@H]3O)C[C@@H]12. The second-order valence-electron chi connectivity index (χ2n) is 9.82. The topological polar surface area (TPSA) is 120 Å². The van der Waals surface area contributed by atoms with Crippen LogP contribution in [0.4, 0.5) is 0 Å². The molecule has 0 unspecified atom stereocenters. The van der Waals surface area contributed by atoms with Crippen molar-refractivity contribution < 1.29 is 35.0 Å². The Morgan fingerprint density at radius 1 is 1.18 bits per heavy atom. The molecule has 5 N–H and O–H groups in total. The van der Waals surface area contributed by atoms with E-state index >= 15 is 0 Å². The molecule has 0 amide bonds. The summed E-state index contributed by atoms with van der Waals surface area (Å²) in [6, 6.07) is 0. The van der Waals surface area contributed by atoms with Crippen LogP contribution in [-0.2, 0) is 9.47 Å². The van der Waals surface area contributed by atoms with Gasteiger partial charge in [0.1, 0.15) is 24.4 Å². The zero-order chi connectivity index (χ0) is 20.9. The lowest BCUT2D eigenvalue weighted by Crippen LogP contribution is -2.61. The summed E-state index contributed by atoms with van der Waals surface area (Å²) in [5, 5.41) is 49.8. The van der Waals surface area contributed by atoms with Crippen LogP contribution in [0.15, 0.2) is 12.2 Å². The summed E-state index contributed by atoms with van der Waals surface area (Å²) in [6.07, 6.45) is -2.48. The van der Waals surface area contributed by atoms with Crippen molar-refractivity contribution in [3.05, 3.63) is 12.2 Å². The maximum Gasteiger partial charge on any atom is 0.187 e. The first-order chi connectivity index (χ1) is 13.0. The Morgan fingerprint density at radius 3 is 2.50 bits per heavy atom. The molecule has 162 valence electrons. The molecule has 0 aromatic rings. The van der Waals surface area contributed by atoms with Crippen molar-refractivity contribution >= 4 is 0 Å². The van der Waals surface area contributed by atoms with Gasteiger partial charge in [0.2, 0.25) is 0 Å². The van der Waals surface area contributed by atoms with Gasteiger partial charge in [-0.3, -0.25) is 0 Å². The lowest BCUT2D eigenvalue weighted by atomic mass is 9.55. The Labute approximate surface area is 167 Å². The molecule has 7 heteroatoms. The third kappa shape index (κ3) is 4.03. The van der Waals surface area contributed by atoms with Crippen molar-refractivity contribution in [3.63, 3.8) is 0 Å². The fraction of sp³-hybridized carbons (Fsp3) is 0.905. The minimum atomic E-state index is -1.44. The maximum absolute atomic E-state index is 10.3. The van der Waals surface area contributed by atoms with Gasteiger partial charge in [-0.2, -0.15) is 0 Å². The van der Waals surface area contributed by atoms with E-state index in [0.717, 1.165) is 31.3 Å². The van der Waals surface area contributed by atoms with E-state index in [1.165, 1.54) is 0 Å². The van der Waals surface area contributed by atoms with Crippen molar-refractivity contribution in [2.24, 2.45) is 17.3 Å². The van der Waals surface area contributed by atoms with Crippen LogP contribution >= 0.6 is 0 Å². The Balaban J connectivity index is 1.70. The van der Waals surface area contributed by atoms with E-state index in [2.05, 4.69) is 13.5 Å². The van der Waals surface area contributed by atoms with Gasteiger partial charge in [0.15, 0.2) is 6.29 Å². The van der Waals surface area contributed by atoms with Gasteiger partial charge < -0.3 is 35.0 Å². The Hall–Kier alpha value is -0.540. The molecule has 3 aliphatic rings. The quantitative estimate of drug-likeness (QED) is 0.441. The fourth-order valence-electron chi connectivity index (χ4n) is 5.52. The van der Waals surface area contributed by atoms with Gasteiger partial charge in [0.05, 0.1) is 18.3 Å². The lowest BCUT2D eigenvalue weighted by molar-refractivity contribution is -0.330. The van der Waals surface area contributed by atoms with Crippen LogP contribution in [0, 0.1) is 17.3 Å². The van der Waals surface area contributed by atoms with E-state index in [4.69, 9.17) is 9.47 Å². The number of hydrogen-bond donors (Lipinski definition) is 5. The third-order valence-corrected chi connectivity index (χ3v) is 7.37. The second-order valence-corrected chi connectivity index (χ2v) is 9.82. The molecule has 1 heterocycles. The Bertz CT molecular complexity index is 577. The highest BCUT2D eigenvalue weighted by Gasteiger charge is 2.51. The van der Waals surface area contributed by atoms with E-state index in [9.17, 15) is 25.5 Å². The molecular weight excluding hydrogens is 364 g/mol. The predicted octanol–water partition coefficient (Wildman–Crippen LogP) is 0.715. The average molecular weight is 401 g/mol. The summed E-state index contributed by atoms with van der Waals surface area (Å²) in [7, 11) is 0. The van der Waals surface area contributed by atoms with E-state index in [-0.39, 0.29) is 17.4 Å². The molecule has 0 radical (unpaired) electrons. The highest BCUT2D eigenvalue weighted by Crippen LogP contribution is 2.55. The Kier molecular flexibility index (Phi) is 6.29. The average Bonchev–Trinajstić information content (AvgIpc) is 2.61. The molecule has 3 rings (SSSR count). The molecule has 0 aromatic heterocycles. The van der Waals surface area contributed by atoms with Gasteiger partial charge in [-0.25, -0.2) is 0 Å².